The number of anilines is 1. The van der Waals surface area contributed by atoms with E-state index in [1.807, 2.05) is 12.1 Å². The number of nitrogens with one attached hydrogen (secondary N) is 1. The summed E-state index contributed by atoms with van der Waals surface area (Å²) in [5.41, 5.74) is 6.74. The van der Waals surface area contributed by atoms with Crippen LogP contribution in [0.2, 0.25) is 5.02 Å². The van der Waals surface area contributed by atoms with Crippen LogP contribution in [0.3, 0.4) is 0 Å². The van der Waals surface area contributed by atoms with Crippen molar-refractivity contribution in [3.8, 4) is 11.4 Å². The van der Waals surface area contributed by atoms with Crippen LogP contribution in [0.15, 0.2) is 29.4 Å². The Labute approximate surface area is 197 Å². The van der Waals surface area contributed by atoms with Gasteiger partial charge in [0.15, 0.2) is 11.0 Å². The summed E-state index contributed by atoms with van der Waals surface area (Å²) in [5.74, 6) is -1.04. The minimum Gasteiger partial charge on any atom is -0.462 e. The molecule has 0 spiro atoms. The van der Waals surface area contributed by atoms with Gasteiger partial charge in [-0.25, -0.2) is 4.79 Å². The molecule has 168 valence electrons. The van der Waals surface area contributed by atoms with E-state index in [1.54, 1.807) is 37.6 Å². The van der Waals surface area contributed by atoms with E-state index in [9.17, 15) is 14.4 Å². The molecule has 0 saturated carbocycles. The molecule has 0 fully saturated rings. The molecule has 0 aliphatic heterocycles. The molecular formula is C20H20ClN5O4S2. The quantitative estimate of drug-likeness (QED) is 0.362. The van der Waals surface area contributed by atoms with Crippen LogP contribution in [0.5, 0.6) is 0 Å². The number of nitrogens with two attached hydrogens (primary N) is 1. The minimum atomic E-state index is -0.679. The topological polar surface area (TPSA) is 129 Å². The van der Waals surface area contributed by atoms with Crippen molar-refractivity contribution in [1.82, 2.24) is 14.8 Å². The van der Waals surface area contributed by atoms with Gasteiger partial charge < -0.3 is 20.4 Å². The third kappa shape index (κ3) is 5.12. The number of aromatic nitrogens is 3. The molecule has 2 heterocycles. The van der Waals surface area contributed by atoms with Crippen LogP contribution in [0.4, 0.5) is 5.00 Å². The molecule has 0 bridgehead atoms. The molecule has 3 rings (SSSR count). The number of ether oxygens (including phenoxy) is 1. The van der Waals surface area contributed by atoms with Crippen molar-refractivity contribution in [2.24, 2.45) is 12.8 Å². The van der Waals surface area contributed by atoms with Crippen LogP contribution in [0.1, 0.15) is 32.5 Å². The molecule has 12 heteroatoms. The van der Waals surface area contributed by atoms with E-state index in [4.69, 9.17) is 22.1 Å². The van der Waals surface area contributed by atoms with Crippen LogP contribution in [0.25, 0.3) is 11.4 Å². The van der Waals surface area contributed by atoms with Gasteiger partial charge in [0.1, 0.15) is 5.00 Å². The molecule has 0 atom stereocenters. The van der Waals surface area contributed by atoms with E-state index in [1.165, 1.54) is 11.8 Å². The summed E-state index contributed by atoms with van der Waals surface area (Å²) in [5, 5.41) is 12.4. The maximum Gasteiger partial charge on any atom is 0.341 e. The zero-order valence-corrected chi connectivity index (χ0v) is 19.9. The summed E-state index contributed by atoms with van der Waals surface area (Å²) in [6.45, 7) is 3.42. The SMILES string of the molecule is CCOC(=O)c1c(NC(=O)CSc2nnc(-c3ccc(Cl)cc3)n2C)sc(C(N)=O)c1C. The molecule has 3 aromatic rings. The Balaban J connectivity index is 1.73. The van der Waals surface area contributed by atoms with Gasteiger partial charge in [-0.05, 0) is 43.7 Å². The highest BCUT2D eigenvalue weighted by Gasteiger charge is 2.26. The first kappa shape index (κ1) is 23.8. The molecule has 0 aliphatic carbocycles. The molecule has 0 unspecified atom stereocenters. The zero-order valence-electron chi connectivity index (χ0n) is 17.5. The number of halogens is 1. The summed E-state index contributed by atoms with van der Waals surface area (Å²) in [6.07, 6.45) is 0. The Hall–Kier alpha value is -2.89. The molecular weight excluding hydrogens is 474 g/mol. The lowest BCUT2D eigenvalue weighted by Crippen LogP contribution is -2.17. The third-order valence-electron chi connectivity index (χ3n) is 4.37. The van der Waals surface area contributed by atoms with E-state index in [0.29, 0.717) is 21.6 Å². The highest BCUT2D eigenvalue weighted by atomic mass is 35.5. The number of rotatable bonds is 8. The summed E-state index contributed by atoms with van der Waals surface area (Å²) in [6, 6.07) is 7.19. The van der Waals surface area contributed by atoms with Crippen molar-refractivity contribution in [1.29, 1.82) is 0 Å². The van der Waals surface area contributed by atoms with E-state index in [0.717, 1.165) is 16.9 Å². The van der Waals surface area contributed by atoms with Gasteiger partial charge in [-0.3, -0.25) is 9.59 Å². The highest BCUT2D eigenvalue weighted by molar-refractivity contribution is 7.99. The number of carbonyl (C=O) groups excluding carboxylic acids is 3. The molecule has 32 heavy (non-hydrogen) atoms. The van der Waals surface area contributed by atoms with Gasteiger partial charge in [0.25, 0.3) is 5.91 Å². The van der Waals surface area contributed by atoms with Gasteiger partial charge in [0.05, 0.1) is 22.8 Å². The van der Waals surface area contributed by atoms with Gasteiger partial charge >= 0.3 is 5.97 Å². The number of nitrogens with zero attached hydrogens (tertiary/aromatic N) is 3. The van der Waals surface area contributed by atoms with Gasteiger partial charge in [0.2, 0.25) is 5.91 Å². The Kier molecular flexibility index (Phi) is 7.54. The molecule has 3 N–H and O–H groups in total. The average molecular weight is 494 g/mol. The largest absolute Gasteiger partial charge is 0.462 e. The molecule has 0 radical (unpaired) electrons. The molecule has 0 saturated heterocycles. The highest BCUT2D eigenvalue weighted by Crippen LogP contribution is 2.34. The monoisotopic (exact) mass is 493 g/mol. The van der Waals surface area contributed by atoms with E-state index in [-0.39, 0.29) is 33.7 Å². The van der Waals surface area contributed by atoms with Gasteiger partial charge in [-0.1, -0.05) is 23.4 Å². The van der Waals surface area contributed by atoms with E-state index >= 15 is 0 Å². The minimum absolute atomic E-state index is 0.0116. The number of hydrogen-bond acceptors (Lipinski definition) is 8. The Morgan fingerprint density at radius 1 is 1.25 bits per heavy atom. The number of amides is 2. The Morgan fingerprint density at radius 2 is 1.94 bits per heavy atom. The second kappa shape index (κ2) is 10.2. The first-order valence-corrected chi connectivity index (χ1v) is 11.6. The van der Waals surface area contributed by atoms with Gasteiger partial charge in [0, 0.05) is 17.6 Å². The summed E-state index contributed by atoms with van der Waals surface area (Å²) >= 11 is 8.05. The maximum atomic E-state index is 12.6. The lowest BCUT2D eigenvalue weighted by molar-refractivity contribution is -0.113. The van der Waals surface area contributed by atoms with Crippen molar-refractivity contribution < 1.29 is 19.1 Å². The molecule has 1 aromatic carbocycles. The lowest BCUT2D eigenvalue weighted by atomic mass is 10.1. The second-order valence-corrected chi connectivity index (χ2v) is 8.95. The van der Waals surface area contributed by atoms with Crippen LogP contribution >= 0.6 is 34.7 Å². The molecule has 9 nitrogen and oxygen atoms in total. The fourth-order valence-electron chi connectivity index (χ4n) is 2.87. The van der Waals surface area contributed by atoms with Crippen molar-refractivity contribution in [2.45, 2.75) is 19.0 Å². The van der Waals surface area contributed by atoms with Crippen molar-refractivity contribution in [2.75, 3.05) is 17.7 Å². The van der Waals surface area contributed by atoms with Crippen LogP contribution < -0.4 is 11.1 Å². The van der Waals surface area contributed by atoms with Gasteiger partial charge in [-0.2, -0.15) is 0 Å². The number of hydrogen-bond donors (Lipinski definition) is 2. The Bertz CT molecular complexity index is 1170. The first-order valence-electron chi connectivity index (χ1n) is 9.41. The molecule has 2 aromatic heterocycles. The number of thioether (sulfide) groups is 1. The van der Waals surface area contributed by atoms with Gasteiger partial charge in [-0.15, -0.1) is 21.5 Å². The summed E-state index contributed by atoms with van der Waals surface area (Å²) in [7, 11) is 1.80. The summed E-state index contributed by atoms with van der Waals surface area (Å²) in [4.78, 5) is 36.8. The molecule has 2 amide bonds. The number of esters is 1. The first-order chi connectivity index (χ1) is 15.2. The van der Waals surface area contributed by atoms with Crippen molar-refractivity contribution in [3.63, 3.8) is 0 Å². The zero-order chi connectivity index (χ0) is 23.4. The van der Waals surface area contributed by atoms with Crippen molar-refractivity contribution in [3.05, 3.63) is 45.3 Å². The van der Waals surface area contributed by atoms with Crippen molar-refractivity contribution >= 4 is 57.5 Å². The number of benzene rings is 1. The van der Waals surface area contributed by atoms with Crippen LogP contribution in [0, 0.1) is 6.92 Å². The predicted octanol–water partition coefficient (Wildman–Crippen LogP) is 3.51. The fraction of sp³-hybridized carbons (Fsp3) is 0.250. The maximum absolute atomic E-state index is 12.6. The normalized spacial score (nSPS) is 10.8. The number of thiophene rings is 1. The average Bonchev–Trinajstić information content (AvgIpc) is 3.27. The van der Waals surface area contributed by atoms with E-state index < -0.39 is 11.9 Å². The number of primary amides is 1. The van der Waals surface area contributed by atoms with Crippen LogP contribution in [-0.4, -0.2) is 44.9 Å². The lowest BCUT2D eigenvalue weighted by Gasteiger charge is -2.07. The second-order valence-electron chi connectivity index (χ2n) is 6.55. The Morgan fingerprint density at radius 3 is 2.56 bits per heavy atom. The van der Waals surface area contributed by atoms with Crippen LogP contribution in [-0.2, 0) is 16.6 Å². The number of carbonyl (C=O) groups is 3. The fourth-order valence-corrected chi connectivity index (χ4v) is 4.77. The standard InChI is InChI=1S/C20H20ClN5O4S2/c1-4-30-19(29)14-10(2)15(16(22)28)32-18(14)23-13(27)9-31-20-25-24-17(26(20)3)11-5-7-12(21)8-6-11/h5-8H,4,9H2,1-3H3,(H2,22,28)(H,23,27). The third-order valence-corrected chi connectivity index (χ3v) is 6.87. The van der Waals surface area contributed by atoms with E-state index in [2.05, 4.69) is 15.5 Å². The summed E-state index contributed by atoms with van der Waals surface area (Å²) < 4.78 is 6.82. The molecule has 0 aliphatic rings. The smallest absolute Gasteiger partial charge is 0.341 e. The predicted molar refractivity (Wildman–Crippen MR) is 124 cm³/mol.